The predicted octanol–water partition coefficient (Wildman–Crippen LogP) is 3.79. The van der Waals surface area contributed by atoms with Crippen LogP contribution < -0.4 is 0 Å². The lowest BCUT2D eigenvalue weighted by Gasteiger charge is -2.35. The van der Waals surface area contributed by atoms with E-state index in [0.717, 1.165) is 11.4 Å². The molecule has 0 N–H and O–H groups in total. The first-order chi connectivity index (χ1) is 13.1. The zero-order valence-corrected chi connectivity index (χ0v) is 17.2. The quantitative estimate of drug-likeness (QED) is 0.746. The van der Waals surface area contributed by atoms with Crippen LogP contribution in [-0.4, -0.2) is 58.8 Å². The van der Waals surface area contributed by atoms with E-state index in [0.29, 0.717) is 43.1 Å². The number of hydrogen-bond donors (Lipinski definition) is 0. The van der Waals surface area contributed by atoms with E-state index in [-0.39, 0.29) is 17.7 Å². The first kappa shape index (κ1) is 19.1. The molecule has 0 spiro atoms. The van der Waals surface area contributed by atoms with Gasteiger partial charge in [0.05, 0.1) is 5.75 Å². The molecule has 2 amide bonds. The van der Waals surface area contributed by atoms with Crippen molar-refractivity contribution in [1.29, 1.82) is 0 Å². The maximum Gasteiger partial charge on any atom is 0.232 e. The molecule has 0 radical (unpaired) electrons. The Balaban J connectivity index is 1.22. The Kier molecular flexibility index (Phi) is 5.98. The van der Waals surface area contributed by atoms with E-state index in [4.69, 9.17) is 11.6 Å². The number of carbonyl (C=O) groups is 2. The van der Waals surface area contributed by atoms with Crippen LogP contribution in [-0.2, 0) is 9.59 Å². The molecule has 27 heavy (non-hydrogen) atoms. The molecular weight excluding hydrogens is 380 g/mol. The molecule has 2 aliphatic carbocycles. The van der Waals surface area contributed by atoms with Crippen LogP contribution in [0.3, 0.4) is 0 Å². The molecule has 4 nitrogen and oxygen atoms in total. The van der Waals surface area contributed by atoms with Crippen LogP contribution in [0.4, 0.5) is 0 Å². The predicted molar refractivity (Wildman–Crippen MR) is 110 cm³/mol. The van der Waals surface area contributed by atoms with Gasteiger partial charge in [-0.1, -0.05) is 36.6 Å². The average molecular weight is 407 g/mol. The fraction of sp³-hybridized carbons (Fsp3) is 0.619. The number of carbonyl (C=O) groups excluding carboxylic acids is 2. The molecule has 0 bridgehead atoms. The Morgan fingerprint density at radius 3 is 2.48 bits per heavy atom. The minimum Gasteiger partial charge on any atom is -0.339 e. The van der Waals surface area contributed by atoms with Crippen molar-refractivity contribution in [2.24, 2.45) is 5.92 Å². The van der Waals surface area contributed by atoms with E-state index in [2.05, 4.69) is 6.07 Å². The lowest BCUT2D eigenvalue weighted by atomic mass is 10.1. The smallest absolute Gasteiger partial charge is 0.232 e. The van der Waals surface area contributed by atoms with Crippen LogP contribution in [0, 0.1) is 5.92 Å². The van der Waals surface area contributed by atoms with Gasteiger partial charge in [-0.2, -0.15) is 0 Å². The molecule has 0 unspecified atom stereocenters. The van der Waals surface area contributed by atoms with E-state index in [9.17, 15) is 9.59 Å². The van der Waals surface area contributed by atoms with Crippen molar-refractivity contribution in [3.63, 3.8) is 0 Å². The van der Waals surface area contributed by atoms with Crippen LogP contribution >= 0.6 is 23.4 Å². The molecule has 4 rings (SSSR count). The second-order valence-corrected chi connectivity index (χ2v) is 9.65. The number of halogens is 1. The van der Waals surface area contributed by atoms with Gasteiger partial charge in [-0.25, -0.2) is 0 Å². The van der Waals surface area contributed by atoms with Crippen molar-refractivity contribution in [2.45, 2.75) is 43.3 Å². The van der Waals surface area contributed by atoms with Gasteiger partial charge in [0.15, 0.2) is 0 Å². The molecule has 3 aliphatic rings. The summed E-state index contributed by atoms with van der Waals surface area (Å²) in [6, 6.07) is 7.84. The second kappa shape index (κ2) is 8.44. The van der Waals surface area contributed by atoms with Crippen LogP contribution in [0.5, 0.6) is 0 Å². The summed E-state index contributed by atoms with van der Waals surface area (Å²) in [6.45, 7) is 2.67. The number of thioether (sulfide) groups is 1. The number of piperazine rings is 1. The number of benzene rings is 1. The Hall–Kier alpha value is -1.20. The highest BCUT2D eigenvalue weighted by Crippen LogP contribution is 2.48. The van der Waals surface area contributed by atoms with Gasteiger partial charge < -0.3 is 9.80 Å². The number of nitrogens with zero attached hydrogens (tertiary/aromatic N) is 2. The van der Waals surface area contributed by atoms with Crippen LogP contribution in [0.15, 0.2) is 24.3 Å². The normalized spacial score (nSPS) is 25.7. The van der Waals surface area contributed by atoms with Gasteiger partial charge in [0.1, 0.15) is 0 Å². The van der Waals surface area contributed by atoms with E-state index in [1.165, 1.54) is 31.2 Å². The summed E-state index contributed by atoms with van der Waals surface area (Å²) in [6.07, 6.45) is 6.05. The summed E-state index contributed by atoms with van der Waals surface area (Å²) in [5.74, 6) is 1.47. The monoisotopic (exact) mass is 406 g/mol. The van der Waals surface area contributed by atoms with E-state index in [1.54, 1.807) is 0 Å². The molecule has 1 aromatic rings. The Morgan fingerprint density at radius 2 is 1.78 bits per heavy atom. The largest absolute Gasteiger partial charge is 0.339 e. The van der Waals surface area contributed by atoms with Crippen molar-refractivity contribution in [2.75, 3.05) is 31.9 Å². The highest BCUT2D eigenvalue weighted by Gasteiger charge is 2.46. The molecule has 3 fully saturated rings. The molecule has 6 heteroatoms. The lowest BCUT2D eigenvalue weighted by Crippen LogP contribution is -2.51. The van der Waals surface area contributed by atoms with Gasteiger partial charge in [0.25, 0.3) is 0 Å². The highest BCUT2D eigenvalue weighted by molar-refractivity contribution is 8.00. The van der Waals surface area contributed by atoms with Crippen molar-refractivity contribution < 1.29 is 9.59 Å². The SMILES string of the molecule is O=C(CSC1CCCC1)N1CCN(C(=O)[C@H]2C[C@@H]2c2cccc(Cl)c2)CC1. The molecule has 2 atom stereocenters. The summed E-state index contributed by atoms with van der Waals surface area (Å²) in [4.78, 5) is 29.1. The molecular formula is C21H27ClN2O2S. The fourth-order valence-electron chi connectivity index (χ4n) is 4.32. The second-order valence-electron chi connectivity index (χ2n) is 7.93. The topological polar surface area (TPSA) is 40.6 Å². The Bertz CT molecular complexity index is 699. The maximum absolute atomic E-state index is 12.8. The third kappa shape index (κ3) is 4.62. The molecule has 1 heterocycles. The lowest BCUT2D eigenvalue weighted by molar-refractivity contribution is -0.139. The minimum atomic E-state index is 0.0867. The number of hydrogen-bond acceptors (Lipinski definition) is 3. The third-order valence-electron chi connectivity index (χ3n) is 6.07. The van der Waals surface area contributed by atoms with Crippen molar-refractivity contribution in [3.05, 3.63) is 34.9 Å². The van der Waals surface area contributed by atoms with Gasteiger partial charge in [-0.3, -0.25) is 9.59 Å². The fourth-order valence-corrected chi connectivity index (χ4v) is 5.75. The molecule has 1 aliphatic heterocycles. The van der Waals surface area contributed by atoms with Crippen molar-refractivity contribution in [1.82, 2.24) is 9.80 Å². The Morgan fingerprint density at radius 1 is 1.07 bits per heavy atom. The van der Waals surface area contributed by atoms with Gasteiger partial charge in [-0.15, -0.1) is 11.8 Å². The summed E-state index contributed by atoms with van der Waals surface area (Å²) in [5, 5.41) is 1.41. The van der Waals surface area contributed by atoms with Crippen molar-refractivity contribution in [3.8, 4) is 0 Å². The van der Waals surface area contributed by atoms with Crippen LogP contribution in [0.2, 0.25) is 5.02 Å². The molecule has 0 aromatic heterocycles. The van der Waals surface area contributed by atoms with E-state index in [1.807, 2.05) is 39.8 Å². The number of rotatable bonds is 5. The average Bonchev–Trinajstić information content (AvgIpc) is 3.32. The summed E-state index contributed by atoms with van der Waals surface area (Å²) in [7, 11) is 0. The van der Waals surface area contributed by atoms with Gasteiger partial charge in [0.2, 0.25) is 11.8 Å². The minimum absolute atomic E-state index is 0.0867. The summed E-state index contributed by atoms with van der Waals surface area (Å²) >= 11 is 7.90. The zero-order valence-electron chi connectivity index (χ0n) is 15.6. The van der Waals surface area contributed by atoms with Gasteiger partial charge in [-0.05, 0) is 42.9 Å². The summed E-state index contributed by atoms with van der Waals surface area (Å²) < 4.78 is 0. The summed E-state index contributed by atoms with van der Waals surface area (Å²) in [5.41, 5.74) is 1.17. The van der Waals surface area contributed by atoms with Crippen molar-refractivity contribution >= 4 is 35.2 Å². The molecule has 146 valence electrons. The van der Waals surface area contributed by atoms with E-state index >= 15 is 0 Å². The maximum atomic E-state index is 12.8. The third-order valence-corrected chi connectivity index (χ3v) is 7.66. The van der Waals surface area contributed by atoms with Crippen LogP contribution in [0.1, 0.15) is 43.6 Å². The first-order valence-corrected chi connectivity index (χ1v) is 11.5. The first-order valence-electron chi connectivity index (χ1n) is 10.1. The van der Waals surface area contributed by atoms with Gasteiger partial charge >= 0.3 is 0 Å². The van der Waals surface area contributed by atoms with Crippen LogP contribution in [0.25, 0.3) is 0 Å². The highest BCUT2D eigenvalue weighted by atomic mass is 35.5. The van der Waals surface area contributed by atoms with Gasteiger partial charge in [0, 0.05) is 42.4 Å². The van der Waals surface area contributed by atoms with E-state index < -0.39 is 0 Å². The standard InChI is InChI=1S/C21H27ClN2O2S/c22-16-5-3-4-15(12-16)18-13-19(18)21(26)24-10-8-23(9-11-24)20(25)14-27-17-6-1-2-7-17/h3-5,12,17-19H,1-2,6-11,13-14H2/t18-,19+/m1/s1. The number of amides is 2. The molecule has 1 aromatic carbocycles. The molecule has 1 saturated heterocycles. The Labute approximate surface area is 170 Å². The molecule has 2 saturated carbocycles. The zero-order chi connectivity index (χ0) is 18.8.